The van der Waals surface area contributed by atoms with Gasteiger partial charge in [-0.3, -0.25) is 9.59 Å². The normalized spacial score (nSPS) is 33.7. The van der Waals surface area contributed by atoms with Crippen molar-refractivity contribution in [2.24, 2.45) is 5.92 Å². The van der Waals surface area contributed by atoms with Gasteiger partial charge in [0.2, 0.25) is 5.91 Å². The van der Waals surface area contributed by atoms with E-state index in [-0.39, 0.29) is 30.1 Å². The highest BCUT2D eigenvalue weighted by Crippen LogP contribution is 2.24. The van der Waals surface area contributed by atoms with E-state index in [0.717, 1.165) is 12.8 Å². The second kappa shape index (κ2) is 7.22. The summed E-state index contributed by atoms with van der Waals surface area (Å²) < 4.78 is 5.63. The Morgan fingerprint density at radius 3 is 2.24 bits per heavy atom. The zero-order valence-corrected chi connectivity index (χ0v) is 12.9. The largest absolute Gasteiger partial charge is 0.481 e. The monoisotopic (exact) mass is 298 g/mol. The maximum Gasteiger partial charge on any atom is 0.306 e. The number of amides is 1. The quantitative estimate of drug-likeness (QED) is 0.804. The molecular formula is C15H26N2O4. The Labute approximate surface area is 125 Å². The first kappa shape index (κ1) is 16.2. The van der Waals surface area contributed by atoms with E-state index >= 15 is 0 Å². The number of hydrogen-bond donors (Lipinski definition) is 2. The Morgan fingerprint density at radius 2 is 1.71 bits per heavy atom. The van der Waals surface area contributed by atoms with E-state index in [1.54, 1.807) is 0 Å². The van der Waals surface area contributed by atoms with Crippen molar-refractivity contribution in [1.82, 2.24) is 10.2 Å². The zero-order valence-electron chi connectivity index (χ0n) is 12.9. The number of carboxylic acid groups (broad SMARTS) is 1. The highest BCUT2D eigenvalue weighted by atomic mass is 16.5. The van der Waals surface area contributed by atoms with Crippen LogP contribution in [0.4, 0.5) is 0 Å². The standard InChI is InChI=1S/C15H26N2O4/c1-10-8-17(9-11(2)21-10)14(18)7-16-13-5-3-12(4-6-13)15(19)20/h10-13,16H,3-9H2,1-2H3,(H,19,20). The third-order valence-electron chi connectivity index (χ3n) is 4.39. The molecule has 21 heavy (non-hydrogen) atoms. The Bertz CT molecular complexity index is 370. The average Bonchev–Trinajstić information content (AvgIpc) is 2.44. The van der Waals surface area contributed by atoms with Crippen LogP contribution < -0.4 is 5.32 Å². The minimum atomic E-state index is -0.694. The molecule has 0 aromatic heterocycles. The molecule has 0 aromatic carbocycles. The van der Waals surface area contributed by atoms with E-state index in [4.69, 9.17) is 9.84 Å². The van der Waals surface area contributed by atoms with Crippen LogP contribution in [0.3, 0.4) is 0 Å². The molecule has 0 radical (unpaired) electrons. The third-order valence-corrected chi connectivity index (χ3v) is 4.39. The molecule has 120 valence electrons. The maximum atomic E-state index is 12.2. The lowest BCUT2D eigenvalue weighted by molar-refractivity contribution is -0.144. The van der Waals surface area contributed by atoms with Crippen LogP contribution in [0.15, 0.2) is 0 Å². The molecule has 2 N–H and O–H groups in total. The van der Waals surface area contributed by atoms with Crippen LogP contribution in [-0.4, -0.2) is 59.8 Å². The molecule has 1 saturated carbocycles. The van der Waals surface area contributed by atoms with Gasteiger partial charge in [-0.05, 0) is 39.5 Å². The van der Waals surface area contributed by atoms with Gasteiger partial charge in [0.05, 0.1) is 24.7 Å². The number of rotatable bonds is 4. The minimum Gasteiger partial charge on any atom is -0.481 e. The SMILES string of the molecule is CC1CN(C(=O)CNC2CCC(C(=O)O)CC2)CC(C)O1. The number of carbonyl (C=O) groups excluding carboxylic acids is 1. The molecule has 1 heterocycles. The van der Waals surface area contributed by atoms with Gasteiger partial charge in [0.1, 0.15) is 0 Å². The Kier molecular flexibility index (Phi) is 5.58. The third kappa shape index (κ3) is 4.68. The molecule has 2 rings (SSSR count). The van der Waals surface area contributed by atoms with Gasteiger partial charge in [-0.1, -0.05) is 0 Å². The fraction of sp³-hybridized carbons (Fsp3) is 0.867. The molecule has 0 aromatic rings. The minimum absolute atomic E-state index is 0.0868. The van der Waals surface area contributed by atoms with E-state index in [2.05, 4.69) is 5.32 Å². The summed E-state index contributed by atoms with van der Waals surface area (Å²) in [5, 5.41) is 12.3. The molecule has 1 aliphatic carbocycles. The van der Waals surface area contributed by atoms with Crippen molar-refractivity contribution in [3.05, 3.63) is 0 Å². The Balaban J connectivity index is 1.71. The van der Waals surface area contributed by atoms with E-state index < -0.39 is 5.97 Å². The van der Waals surface area contributed by atoms with Crippen molar-refractivity contribution in [2.75, 3.05) is 19.6 Å². The number of ether oxygens (including phenoxy) is 1. The summed E-state index contributed by atoms with van der Waals surface area (Å²) in [7, 11) is 0. The van der Waals surface area contributed by atoms with Gasteiger partial charge in [-0.15, -0.1) is 0 Å². The molecular weight excluding hydrogens is 272 g/mol. The van der Waals surface area contributed by atoms with Crippen molar-refractivity contribution < 1.29 is 19.4 Å². The predicted molar refractivity (Wildman–Crippen MR) is 78.0 cm³/mol. The molecule has 6 heteroatoms. The molecule has 6 nitrogen and oxygen atoms in total. The zero-order chi connectivity index (χ0) is 15.4. The van der Waals surface area contributed by atoms with Crippen LogP contribution in [0, 0.1) is 5.92 Å². The summed E-state index contributed by atoms with van der Waals surface area (Å²) in [5.74, 6) is -0.794. The first-order valence-corrected chi connectivity index (χ1v) is 7.85. The average molecular weight is 298 g/mol. The van der Waals surface area contributed by atoms with Crippen LogP contribution in [0.1, 0.15) is 39.5 Å². The fourth-order valence-corrected chi connectivity index (χ4v) is 3.27. The lowest BCUT2D eigenvalue weighted by Gasteiger charge is -2.36. The highest BCUT2D eigenvalue weighted by molar-refractivity contribution is 5.78. The lowest BCUT2D eigenvalue weighted by atomic mass is 9.86. The van der Waals surface area contributed by atoms with Crippen LogP contribution in [0.2, 0.25) is 0 Å². The van der Waals surface area contributed by atoms with Crippen molar-refractivity contribution in [3.63, 3.8) is 0 Å². The van der Waals surface area contributed by atoms with E-state index in [1.165, 1.54) is 0 Å². The van der Waals surface area contributed by atoms with Gasteiger partial charge in [0, 0.05) is 19.1 Å². The Hall–Kier alpha value is -1.14. The second-order valence-electron chi connectivity index (χ2n) is 6.32. The van der Waals surface area contributed by atoms with Gasteiger partial charge in [0.15, 0.2) is 0 Å². The summed E-state index contributed by atoms with van der Waals surface area (Å²) in [5.41, 5.74) is 0. The molecule has 0 bridgehead atoms. The van der Waals surface area contributed by atoms with Gasteiger partial charge >= 0.3 is 5.97 Å². The van der Waals surface area contributed by atoms with E-state index in [9.17, 15) is 9.59 Å². The summed E-state index contributed by atoms with van der Waals surface area (Å²) in [6, 6.07) is 0.264. The van der Waals surface area contributed by atoms with Gasteiger partial charge in [0.25, 0.3) is 0 Å². The van der Waals surface area contributed by atoms with Gasteiger partial charge in [-0.2, -0.15) is 0 Å². The van der Waals surface area contributed by atoms with Crippen molar-refractivity contribution in [3.8, 4) is 0 Å². The molecule has 1 amide bonds. The van der Waals surface area contributed by atoms with Crippen LogP contribution >= 0.6 is 0 Å². The fourth-order valence-electron chi connectivity index (χ4n) is 3.27. The molecule has 2 atom stereocenters. The maximum absolute atomic E-state index is 12.2. The van der Waals surface area contributed by atoms with Crippen molar-refractivity contribution >= 4 is 11.9 Å². The summed E-state index contributed by atoms with van der Waals surface area (Å²) in [6.45, 7) is 5.60. The molecule has 2 unspecified atom stereocenters. The topological polar surface area (TPSA) is 78.9 Å². The number of hydrogen-bond acceptors (Lipinski definition) is 4. The van der Waals surface area contributed by atoms with Crippen LogP contribution in [0.5, 0.6) is 0 Å². The number of nitrogens with one attached hydrogen (secondary N) is 1. The summed E-state index contributed by atoms with van der Waals surface area (Å²) >= 11 is 0. The molecule has 1 saturated heterocycles. The van der Waals surface area contributed by atoms with Gasteiger partial charge < -0.3 is 20.1 Å². The number of aliphatic carboxylic acids is 1. The number of nitrogens with zero attached hydrogens (tertiary/aromatic N) is 1. The number of carbonyl (C=O) groups is 2. The van der Waals surface area contributed by atoms with Crippen molar-refractivity contribution in [2.45, 2.75) is 57.8 Å². The van der Waals surface area contributed by atoms with Crippen LogP contribution in [-0.2, 0) is 14.3 Å². The van der Waals surface area contributed by atoms with E-state index in [1.807, 2.05) is 18.7 Å². The number of morpholine rings is 1. The molecule has 2 aliphatic rings. The van der Waals surface area contributed by atoms with Crippen molar-refractivity contribution in [1.29, 1.82) is 0 Å². The van der Waals surface area contributed by atoms with E-state index in [0.29, 0.717) is 32.5 Å². The smallest absolute Gasteiger partial charge is 0.306 e. The van der Waals surface area contributed by atoms with Crippen LogP contribution in [0.25, 0.3) is 0 Å². The lowest BCUT2D eigenvalue weighted by Crippen LogP contribution is -2.51. The molecule has 0 spiro atoms. The number of carboxylic acids is 1. The first-order valence-electron chi connectivity index (χ1n) is 7.85. The first-order chi connectivity index (χ1) is 9.95. The molecule has 1 aliphatic heterocycles. The van der Waals surface area contributed by atoms with Gasteiger partial charge in [-0.25, -0.2) is 0 Å². The summed E-state index contributed by atoms with van der Waals surface area (Å²) in [4.78, 5) is 25.0. The highest BCUT2D eigenvalue weighted by Gasteiger charge is 2.28. The Morgan fingerprint density at radius 1 is 1.14 bits per heavy atom. The second-order valence-corrected chi connectivity index (χ2v) is 6.32. The predicted octanol–water partition coefficient (Wildman–Crippen LogP) is 0.855. The summed E-state index contributed by atoms with van der Waals surface area (Å²) in [6.07, 6.45) is 3.24. The molecule has 2 fully saturated rings.